The second kappa shape index (κ2) is 9.04. The van der Waals surface area contributed by atoms with E-state index in [4.69, 9.17) is 4.98 Å². The molecule has 1 aliphatic rings. The van der Waals surface area contributed by atoms with Crippen LogP contribution in [0.25, 0.3) is 11.3 Å². The smallest absolute Gasteiger partial charge is 0.185 e. The van der Waals surface area contributed by atoms with Crippen LogP contribution in [0.3, 0.4) is 0 Å². The number of aryl methyl sites for hydroxylation is 1. The summed E-state index contributed by atoms with van der Waals surface area (Å²) in [4.78, 5) is 6.40. The molecule has 1 fully saturated rings. The van der Waals surface area contributed by atoms with E-state index in [9.17, 15) is 17.2 Å². The number of piperidine rings is 1. The highest BCUT2D eigenvalue weighted by atomic mass is 32.2. The molecule has 0 radical (unpaired) electrons. The Hall–Kier alpha value is -2.32. The number of halogens is 2. The summed E-state index contributed by atoms with van der Waals surface area (Å²) in [6.45, 7) is 3.20. The van der Waals surface area contributed by atoms with Gasteiger partial charge in [0.15, 0.2) is 15.0 Å². The number of nitrogens with zero attached hydrogens (tertiary/aromatic N) is 2. The van der Waals surface area contributed by atoms with Crippen LogP contribution in [-0.4, -0.2) is 31.7 Å². The third-order valence-electron chi connectivity index (χ3n) is 5.63. The zero-order valence-corrected chi connectivity index (χ0v) is 18.9. The quantitative estimate of drug-likeness (QED) is 0.455. The minimum atomic E-state index is -3.85. The lowest BCUT2D eigenvalue weighted by atomic mass is 10.1. The summed E-state index contributed by atoms with van der Waals surface area (Å²) in [5, 5.41) is 2.19. The molecule has 1 aromatic heterocycles. The highest BCUT2D eigenvalue weighted by molar-refractivity contribution is 7.92. The Morgan fingerprint density at radius 3 is 2.45 bits per heavy atom. The molecule has 0 N–H and O–H groups in total. The minimum absolute atomic E-state index is 0.375. The van der Waals surface area contributed by atoms with Crippen LogP contribution in [-0.2, 0) is 16.3 Å². The molecule has 164 valence electrons. The van der Waals surface area contributed by atoms with Gasteiger partial charge in [-0.15, -0.1) is 11.3 Å². The number of sulfone groups is 1. The van der Waals surface area contributed by atoms with E-state index in [0.717, 1.165) is 41.4 Å². The Labute approximate surface area is 185 Å². The molecule has 0 spiro atoms. The van der Waals surface area contributed by atoms with Gasteiger partial charge in [0, 0.05) is 30.1 Å². The second-order valence-corrected chi connectivity index (χ2v) is 10.8. The molecule has 2 aromatic carbocycles. The highest BCUT2D eigenvalue weighted by Crippen LogP contribution is 2.32. The number of hydrogen-bond donors (Lipinski definition) is 0. The molecule has 1 saturated heterocycles. The molecule has 0 bridgehead atoms. The van der Waals surface area contributed by atoms with Crippen LogP contribution in [0.15, 0.2) is 52.7 Å². The van der Waals surface area contributed by atoms with E-state index in [0.29, 0.717) is 32.0 Å². The van der Waals surface area contributed by atoms with E-state index < -0.39 is 31.6 Å². The van der Waals surface area contributed by atoms with Gasteiger partial charge in [-0.1, -0.05) is 37.6 Å². The van der Waals surface area contributed by atoms with Crippen molar-refractivity contribution in [1.29, 1.82) is 0 Å². The lowest BCUT2D eigenvalue weighted by molar-refractivity contribution is 0.516. The van der Waals surface area contributed by atoms with Crippen LogP contribution in [0, 0.1) is 11.6 Å². The third kappa shape index (κ3) is 4.65. The van der Waals surface area contributed by atoms with Gasteiger partial charge in [-0.25, -0.2) is 22.2 Å². The standard InChI is InChI=1S/C23H24F2N2O2S2/c1-2-3-16-4-6-17(7-5-16)21-15-30-23(26-21)27-12-10-19(11-13-27)31(28,29)22-9-8-18(24)14-20(22)25/h4-9,14-15,19H,2-3,10-13H2,1H3. The monoisotopic (exact) mass is 462 g/mol. The van der Waals surface area contributed by atoms with Gasteiger partial charge in [0.1, 0.15) is 16.5 Å². The molecule has 0 amide bonds. The molecule has 0 unspecified atom stereocenters. The topological polar surface area (TPSA) is 50.3 Å². The molecule has 4 nitrogen and oxygen atoms in total. The van der Waals surface area contributed by atoms with Gasteiger partial charge in [-0.05, 0) is 37.0 Å². The summed E-state index contributed by atoms with van der Waals surface area (Å²) in [6.07, 6.45) is 2.92. The molecule has 0 aliphatic carbocycles. The zero-order valence-electron chi connectivity index (χ0n) is 17.2. The third-order valence-corrected chi connectivity index (χ3v) is 8.83. The number of rotatable bonds is 6. The highest BCUT2D eigenvalue weighted by Gasteiger charge is 2.34. The molecular formula is C23H24F2N2O2S2. The summed E-state index contributed by atoms with van der Waals surface area (Å²) in [5.74, 6) is -1.82. The maximum Gasteiger partial charge on any atom is 0.185 e. The number of anilines is 1. The Morgan fingerprint density at radius 1 is 1.10 bits per heavy atom. The van der Waals surface area contributed by atoms with Crippen molar-refractivity contribution >= 4 is 26.3 Å². The van der Waals surface area contributed by atoms with Crippen LogP contribution in [0.5, 0.6) is 0 Å². The molecule has 1 aliphatic heterocycles. The first-order valence-corrected chi connectivity index (χ1v) is 12.8. The molecule has 8 heteroatoms. The van der Waals surface area contributed by atoms with Crippen molar-refractivity contribution in [3.8, 4) is 11.3 Å². The lowest BCUT2D eigenvalue weighted by Crippen LogP contribution is -2.39. The summed E-state index contributed by atoms with van der Waals surface area (Å²) in [5.41, 5.74) is 3.28. The van der Waals surface area contributed by atoms with Crippen LogP contribution < -0.4 is 4.90 Å². The van der Waals surface area contributed by atoms with Crippen molar-refractivity contribution < 1.29 is 17.2 Å². The minimum Gasteiger partial charge on any atom is -0.348 e. The molecule has 0 saturated carbocycles. The molecule has 0 atom stereocenters. The predicted molar refractivity (Wildman–Crippen MR) is 120 cm³/mol. The molecule has 2 heterocycles. The van der Waals surface area contributed by atoms with Gasteiger partial charge in [0.25, 0.3) is 0 Å². The fourth-order valence-electron chi connectivity index (χ4n) is 3.92. The normalized spacial score (nSPS) is 15.4. The molecule has 31 heavy (non-hydrogen) atoms. The van der Waals surface area contributed by atoms with Gasteiger partial charge in [0.2, 0.25) is 0 Å². The first-order chi connectivity index (χ1) is 14.9. The summed E-state index contributed by atoms with van der Waals surface area (Å²) in [6, 6.07) is 11.0. The summed E-state index contributed by atoms with van der Waals surface area (Å²) >= 11 is 1.54. The van der Waals surface area contributed by atoms with E-state index in [1.807, 2.05) is 5.38 Å². The number of hydrogen-bond acceptors (Lipinski definition) is 5. The second-order valence-electron chi connectivity index (χ2n) is 7.77. The fraction of sp³-hybridized carbons (Fsp3) is 0.348. The van der Waals surface area contributed by atoms with Crippen molar-refractivity contribution in [3.05, 3.63) is 65.0 Å². The van der Waals surface area contributed by atoms with Crippen LogP contribution in [0.1, 0.15) is 31.7 Å². The zero-order chi connectivity index (χ0) is 22.0. The van der Waals surface area contributed by atoms with Crippen molar-refractivity contribution in [2.45, 2.75) is 42.8 Å². The van der Waals surface area contributed by atoms with Crippen LogP contribution in [0.2, 0.25) is 0 Å². The maximum atomic E-state index is 14.0. The Morgan fingerprint density at radius 2 is 1.81 bits per heavy atom. The van der Waals surface area contributed by atoms with Gasteiger partial charge in [0.05, 0.1) is 10.9 Å². The van der Waals surface area contributed by atoms with E-state index in [1.165, 1.54) is 16.9 Å². The first kappa shape index (κ1) is 21.9. The van der Waals surface area contributed by atoms with Crippen LogP contribution >= 0.6 is 11.3 Å². The number of benzene rings is 2. The van der Waals surface area contributed by atoms with Gasteiger partial charge in [-0.3, -0.25) is 0 Å². The number of aromatic nitrogens is 1. The first-order valence-electron chi connectivity index (χ1n) is 10.4. The van der Waals surface area contributed by atoms with E-state index in [2.05, 4.69) is 36.1 Å². The van der Waals surface area contributed by atoms with E-state index in [1.54, 1.807) is 0 Å². The molecule has 4 rings (SSSR count). The SMILES string of the molecule is CCCc1ccc(-c2csc(N3CCC(S(=O)(=O)c4ccc(F)cc4F)CC3)n2)cc1. The average Bonchev–Trinajstić information content (AvgIpc) is 3.25. The Bertz CT molecular complexity index is 1150. The summed E-state index contributed by atoms with van der Waals surface area (Å²) in [7, 11) is -3.85. The number of thiazole rings is 1. The Balaban J connectivity index is 1.43. The van der Waals surface area contributed by atoms with Crippen molar-refractivity contribution in [2.24, 2.45) is 0 Å². The molecular weight excluding hydrogens is 438 g/mol. The van der Waals surface area contributed by atoms with Gasteiger partial charge >= 0.3 is 0 Å². The lowest BCUT2D eigenvalue weighted by Gasteiger charge is -2.31. The van der Waals surface area contributed by atoms with Gasteiger partial charge < -0.3 is 4.90 Å². The van der Waals surface area contributed by atoms with Crippen molar-refractivity contribution in [2.75, 3.05) is 18.0 Å². The Kier molecular flexibility index (Phi) is 6.39. The average molecular weight is 463 g/mol. The van der Waals surface area contributed by atoms with E-state index in [-0.39, 0.29) is 0 Å². The van der Waals surface area contributed by atoms with Crippen molar-refractivity contribution in [3.63, 3.8) is 0 Å². The van der Waals surface area contributed by atoms with E-state index >= 15 is 0 Å². The van der Waals surface area contributed by atoms with Crippen molar-refractivity contribution in [1.82, 2.24) is 4.98 Å². The predicted octanol–water partition coefficient (Wildman–Crippen LogP) is 5.48. The molecule has 3 aromatic rings. The fourth-order valence-corrected chi connectivity index (χ4v) is 6.58. The van der Waals surface area contributed by atoms with Gasteiger partial charge in [-0.2, -0.15) is 0 Å². The van der Waals surface area contributed by atoms with Crippen LogP contribution in [0.4, 0.5) is 13.9 Å². The maximum absolute atomic E-state index is 14.0. The largest absolute Gasteiger partial charge is 0.348 e. The summed E-state index contributed by atoms with van der Waals surface area (Å²) < 4.78 is 52.8.